The van der Waals surface area contributed by atoms with Gasteiger partial charge in [-0.2, -0.15) is 5.10 Å². The van der Waals surface area contributed by atoms with Crippen LogP contribution in [0.5, 0.6) is 0 Å². The monoisotopic (exact) mass is 586 g/mol. The third-order valence-corrected chi connectivity index (χ3v) is 8.55. The summed E-state index contributed by atoms with van der Waals surface area (Å²) in [5.41, 5.74) is 5.11. The number of fused-ring (bicyclic) bond motifs is 3. The van der Waals surface area contributed by atoms with Crippen LogP contribution in [-0.4, -0.2) is 27.4 Å². The van der Waals surface area contributed by atoms with Gasteiger partial charge in [-0.15, -0.1) is 11.3 Å². The van der Waals surface area contributed by atoms with Crippen molar-refractivity contribution >= 4 is 73.0 Å². The topological polar surface area (TPSA) is 76.3 Å². The number of rotatable bonds is 6. The Morgan fingerprint density at radius 2 is 1.91 bits per heavy atom. The molecule has 0 unspecified atom stereocenters. The van der Waals surface area contributed by atoms with E-state index in [0.29, 0.717) is 21.3 Å². The minimum absolute atomic E-state index is 0.0638. The van der Waals surface area contributed by atoms with E-state index >= 15 is 0 Å². The summed E-state index contributed by atoms with van der Waals surface area (Å²) >= 11 is 12.3. The van der Waals surface area contributed by atoms with Crippen LogP contribution < -0.4 is 11.0 Å². The molecule has 1 aliphatic rings. The van der Waals surface area contributed by atoms with E-state index in [-0.39, 0.29) is 17.2 Å². The first-order valence-electron chi connectivity index (χ1n) is 11.0. The number of thiophene rings is 1. The zero-order valence-electron chi connectivity index (χ0n) is 18.5. The van der Waals surface area contributed by atoms with Gasteiger partial charge in [0.15, 0.2) is 5.16 Å². The number of thioether (sulfide) groups is 1. The van der Waals surface area contributed by atoms with E-state index in [1.165, 1.54) is 16.6 Å². The second kappa shape index (κ2) is 10.7. The molecule has 1 amide bonds. The van der Waals surface area contributed by atoms with Crippen molar-refractivity contribution in [1.82, 2.24) is 15.0 Å². The maximum absolute atomic E-state index is 13.7. The maximum atomic E-state index is 13.7. The van der Waals surface area contributed by atoms with Gasteiger partial charge in [0, 0.05) is 14.4 Å². The Morgan fingerprint density at radius 3 is 2.69 bits per heavy atom. The Hall–Kier alpha value is -2.46. The summed E-state index contributed by atoms with van der Waals surface area (Å²) in [7, 11) is 0. The number of nitrogens with one attached hydrogen (secondary N) is 1. The second-order valence-corrected chi connectivity index (χ2v) is 11.4. The highest BCUT2D eigenvalue weighted by molar-refractivity contribution is 9.10. The number of hydrazone groups is 1. The largest absolute Gasteiger partial charge is 0.272 e. The summed E-state index contributed by atoms with van der Waals surface area (Å²) in [5, 5.41) is 5.78. The molecule has 5 rings (SSSR count). The van der Waals surface area contributed by atoms with Gasteiger partial charge in [-0.1, -0.05) is 51.4 Å². The molecule has 2 aromatic carbocycles. The van der Waals surface area contributed by atoms with Crippen molar-refractivity contribution in [3.05, 3.63) is 84.4 Å². The molecule has 1 N–H and O–H groups in total. The summed E-state index contributed by atoms with van der Waals surface area (Å²) in [4.78, 5) is 33.0. The van der Waals surface area contributed by atoms with Crippen LogP contribution in [0.25, 0.3) is 15.9 Å². The van der Waals surface area contributed by atoms with Gasteiger partial charge in [0.25, 0.3) is 11.5 Å². The minimum atomic E-state index is -0.286. The molecule has 2 heterocycles. The van der Waals surface area contributed by atoms with Crippen molar-refractivity contribution in [3.63, 3.8) is 0 Å². The number of hydrogen-bond donors (Lipinski definition) is 1. The van der Waals surface area contributed by atoms with Crippen molar-refractivity contribution in [3.8, 4) is 5.69 Å². The van der Waals surface area contributed by atoms with E-state index in [9.17, 15) is 9.59 Å². The Labute approximate surface area is 223 Å². The molecule has 0 radical (unpaired) electrons. The van der Waals surface area contributed by atoms with Gasteiger partial charge >= 0.3 is 0 Å². The Balaban J connectivity index is 1.42. The van der Waals surface area contributed by atoms with Crippen molar-refractivity contribution in [2.75, 3.05) is 5.75 Å². The molecule has 1 aliphatic carbocycles. The molecule has 0 aliphatic heterocycles. The molecule has 4 aromatic rings. The summed E-state index contributed by atoms with van der Waals surface area (Å²) in [6.45, 7) is 0. The zero-order valence-corrected chi connectivity index (χ0v) is 22.4. The maximum Gasteiger partial charge on any atom is 0.267 e. The fourth-order valence-electron chi connectivity index (χ4n) is 3.99. The minimum Gasteiger partial charge on any atom is -0.272 e. The quantitative estimate of drug-likeness (QED) is 0.130. The van der Waals surface area contributed by atoms with Gasteiger partial charge in [0.1, 0.15) is 4.83 Å². The molecule has 0 saturated carbocycles. The van der Waals surface area contributed by atoms with Crippen molar-refractivity contribution in [2.24, 2.45) is 5.10 Å². The molecule has 0 saturated heterocycles. The van der Waals surface area contributed by atoms with Crippen LogP contribution in [-0.2, 0) is 17.6 Å². The Morgan fingerprint density at radius 1 is 1.17 bits per heavy atom. The van der Waals surface area contributed by atoms with E-state index in [4.69, 9.17) is 16.6 Å². The van der Waals surface area contributed by atoms with E-state index < -0.39 is 0 Å². The lowest BCUT2D eigenvalue weighted by Crippen LogP contribution is -2.24. The third-order valence-electron chi connectivity index (χ3n) is 5.65. The normalized spacial score (nSPS) is 13.3. The van der Waals surface area contributed by atoms with Crippen molar-refractivity contribution < 1.29 is 4.79 Å². The van der Waals surface area contributed by atoms with Gasteiger partial charge in [-0.25, -0.2) is 10.4 Å². The van der Waals surface area contributed by atoms with E-state index in [2.05, 4.69) is 26.5 Å². The fraction of sp³-hybridized carbons (Fsp3) is 0.200. The number of benzene rings is 2. The molecular weight excluding hydrogens is 568 g/mol. The molecule has 10 heteroatoms. The van der Waals surface area contributed by atoms with E-state index in [1.54, 1.807) is 46.4 Å². The standard InChI is InChI=1S/C25H20BrClN4O2S2/c26-16-7-5-15(6-8-16)13-28-30-21(32)14-34-25-29-23-22(19-3-1-2-4-20(19)35-23)24(33)31(25)18-11-9-17(27)10-12-18/h5-13H,1-4,14H2,(H,30,32). The van der Waals surface area contributed by atoms with Crippen LogP contribution in [0.3, 0.4) is 0 Å². The first-order valence-corrected chi connectivity index (χ1v) is 14.0. The third kappa shape index (κ3) is 5.38. The predicted octanol–water partition coefficient (Wildman–Crippen LogP) is 5.98. The molecule has 6 nitrogen and oxygen atoms in total. The second-order valence-electron chi connectivity index (χ2n) is 8.04. The van der Waals surface area contributed by atoms with Crippen molar-refractivity contribution in [2.45, 2.75) is 30.8 Å². The zero-order chi connectivity index (χ0) is 24.4. The average molecular weight is 588 g/mol. The van der Waals surface area contributed by atoms with Crippen LogP contribution in [0.15, 0.2) is 68.1 Å². The number of amides is 1. The smallest absolute Gasteiger partial charge is 0.267 e. The molecule has 0 spiro atoms. The van der Waals surface area contributed by atoms with Gasteiger partial charge in [-0.3, -0.25) is 14.2 Å². The summed E-state index contributed by atoms with van der Waals surface area (Å²) in [6, 6.07) is 14.7. The lowest BCUT2D eigenvalue weighted by atomic mass is 9.97. The van der Waals surface area contributed by atoms with Crippen LogP contribution in [0.1, 0.15) is 28.8 Å². The van der Waals surface area contributed by atoms with Gasteiger partial charge in [-0.05, 0) is 73.2 Å². The van der Waals surface area contributed by atoms with E-state index in [0.717, 1.165) is 46.1 Å². The number of hydrogen-bond acceptors (Lipinski definition) is 6. The first-order chi connectivity index (χ1) is 17.0. The predicted molar refractivity (Wildman–Crippen MR) is 147 cm³/mol. The summed E-state index contributed by atoms with van der Waals surface area (Å²) < 4.78 is 2.56. The first kappa shape index (κ1) is 24.2. The van der Waals surface area contributed by atoms with Crippen LogP contribution in [0.2, 0.25) is 5.02 Å². The number of carbonyl (C=O) groups excluding carboxylic acids is 1. The molecule has 0 fully saturated rings. The lowest BCUT2D eigenvalue weighted by molar-refractivity contribution is -0.118. The molecule has 0 atom stereocenters. The van der Waals surface area contributed by atoms with E-state index in [1.807, 2.05) is 24.3 Å². The van der Waals surface area contributed by atoms with Gasteiger partial charge in [0.2, 0.25) is 0 Å². The molecule has 0 bridgehead atoms. The van der Waals surface area contributed by atoms with Crippen LogP contribution >= 0.6 is 50.6 Å². The average Bonchev–Trinajstić information content (AvgIpc) is 3.23. The molecule has 178 valence electrons. The highest BCUT2D eigenvalue weighted by atomic mass is 79.9. The van der Waals surface area contributed by atoms with Crippen LogP contribution in [0, 0.1) is 0 Å². The fourth-order valence-corrected chi connectivity index (χ4v) is 6.49. The number of carbonyl (C=O) groups is 1. The molecule has 35 heavy (non-hydrogen) atoms. The molecular formula is C25H20BrClN4O2S2. The summed E-state index contributed by atoms with van der Waals surface area (Å²) in [5.74, 6) is -0.222. The number of aryl methyl sites for hydroxylation is 2. The highest BCUT2D eigenvalue weighted by Gasteiger charge is 2.23. The van der Waals surface area contributed by atoms with Crippen LogP contribution in [0.4, 0.5) is 0 Å². The lowest BCUT2D eigenvalue weighted by Gasteiger charge is -2.13. The Bertz CT molecular complexity index is 1480. The van der Waals surface area contributed by atoms with Gasteiger partial charge < -0.3 is 0 Å². The number of aromatic nitrogens is 2. The van der Waals surface area contributed by atoms with Crippen molar-refractivity contribution in [1.29, 1.82) is 0 Å². The number of halogens is 2. The number of nitrogens with zero attached hydrogens (tertiary/aromatic N) is 3. The molecule has 2 aromatic heterocycles. The SMILES string of the molecule is O=C(CSc1nc2sc3c(c2c(=O)n1-c1ccc(Cl)cc1)CCCC3)NN=Cc1ccc(Br)cc1. The Kier molecular flexibility index (Phi) is 7.38. The van der Waals surface area contributed by atoms with Gasteiger partial charge in [0.05, 0.1) is 23.0 Å². The summed E-state index contributed by atoms with van der Waals surface area (Å²) in [6.07, 6.45) is 5.68. The highest BCUT2D eigenvalue weighted by Crippen LogP contribution is 2.35.